The van der Waals surface area contributed by atoms with Gasteiger partial charge in [-0.1, -0.05) is 49.4 Å². The molecule has 2 N–H and O–H groups in total. The van der Waals surface area contributed by atoms with Crippen molar-refractivity contribution >= 4 is 11.9 Å². The van der Waals surface area contributed by atoms with Gasteiger partial charge in [0.2, 0.25) is 0 Å². The Kier molecular flexibility index (Phi) is 7.50. The van der Waals surface area contributed by atoms with Gasteiger partial charge in [0, 0.05) is 13.0 Å². The molecule has 0 aliphatic rings. The van der Waals surface area contributed by atoms with Crippen molar-refractivity contribution in [1.82, 2.24) is 9.55 Å². The monoisotopic (exact) mass is 478 g/mol. The van der Waals surface area contributed by atoms with E-state index in [1.165, 1.54) is 0 Å². The molecule has 7 nitrogen and oxygen atoms in total. The SMILES string of the molecule is CCCc1nc(C(C)(C)O)c(C(=O)O)n1Cc1ccc(-c2ccccc2C(=O)OC(C)(C)C)cc1. The number of rotatable bonds is 8. The van der Waals surface area contributed by atoms with Gasteiger partial charge >= 0.3 is 11.9 Å². The van der Waals surface area contributed by atoms with Gasteiger partial charge in [-0.2, -0.15) is 0 Å². The number of aryl methyl sites for hydroxylation is 1. The summed E-state index contributed by atoms with van der Waals surface area (Å²) < 4.78 is 7.23. The number of carboxylic acid groups (broad SMARTS) is 1. The second kappa shape index (κ2) is 10.0. The van der Waals surface area contributed by atoms with Crippen molar-refractivity contribution in [3.8, 4) is 11.1 Å². The number of carbonyl (C=O) groups excluding carboxylic acids is 1. The first-order chi connectivity index (χ1) is 16.3. The summed E-state index contributed by atoms with van der Waals surface area (Å²) in [6, 6.07) is 14.9. The smallest absolute Gasteiger partial charge is 0.354 e. The molecule has 0 radical (unpaired) electrons. The van der Waals surface area contributed by atoms with Crippen LogP contribution in [0.2, 0.25) is 0 Å². The predicted octanol–water partition coefficient (Wildman–Crippen LogP) is 5.43. The van der Waals surface area contributed by atoms with Crippen LogP contribution >= 0.6 is 0 Å². The number of hydrogen-bond acceptors (Lipinski definition) is 5. The summed E-state index contributed by atoms with van der Waals surface area (Å²) >= 11 is 0. The molecule has 3 rings (SSSR count). The zero-order chi connectivity index (χ0) is 26.0. The quantitative estimate of drug-likeness (QED) is 0.419. The Morgan fingerprint density at radius 2 is 1.63 bits per heavy atom. The van der Waals surface area contributed by atoms with Gasteiger partial charge in [0.15, 0.2) is 5.69 Å². The van der Waals surface area contributed by atoms with Gasteiger partial charge in [-0.15, -0.1) is 0 Å². The molecule has 0 unspecified atom stereocenters. The lowest BCUT2D eigenvalue weighted by Gasteiger charge is -2.20. The normalized spacial score (nSPS) is 12.0. The van der Waals surface area contributed by atoms with Crippen molar-refractivity contribution in [2.75, 3.05) is 0 Å². The van der Waals surface area contributed by atoms with Crippen molar-refractivity contribution < 1.29 is 24.5 Å². The van der Waals surface area contributed by atoms with E-state index in [4.69, 9.17) is 4.74 Å². The summed E-state index contributed by atoms with van der Waals surface area (Å²) in [6.07, 6.45) is 1.39. The lowest BCUT2D eigenvalue weighted by atomic mass is 9.98. The number of esters is 1. The van der Waals surface area contributed by atoms with E-state index in [1.54, 1.807) is 30.5 Å². The van der Waals surface area contributed by atoms with Crippen LogP contribution < -0.4 is 0 Å². The zero-order valence-corrected chi connectivity index (χ0v) is 21.3. The summed E-state index contributed by atoms with van der Waals surface area (Å²) in [7, 11) is 0. The van der Waals surface area contributed by atoms with Gasteiger partial charge in [0.1, 0.15) is 22.7 Å². The number of carbonyl (C=O) groups is 2. The Balaban J connectivity index is 1.97. The molecule has 1 aromatic heterocycles. The third-order valence-electron chi connectivity index (χ3n) is 5.45. The fourth-order valence-electron chi connectivity index (χ4n) is 3.95. The first-order valence-corrected chi connectivity index (χ1v) is 11.8. The minimum absolute atomic E-state index is 0.000276. The lowest BCUT2D eigenvalue weighted by Crippen LogP contribution is -2.24. The van der Waals surface area contributed by atoms with Crippen molar-refractivity contribution in [2.45, 2.75) is 72.1 Å². The summed E-state index contributed by atoms with van der Waals surface area (Å²) in [4.78, 5) is 29.4. The maximum absolute atomic E-state index is 12.7. The lowest BCUT2D eigenvalue weighted by molar-refractivity contribution is 0.00701. The molecule has 3 aromatic rings. The molecule has 0 aliphatic heterocycles. The van der Waals surface area contributed by atoms with Crippen LogP contribution in [-0.2, 0) is 23.3 Å². The van der Waals surface area contributed by atoms with E-state index < -0.39 is 17.2 Å². The summed E-state index contributed by atoms with van der Waals surface area (Å²) in [5.41, 5.74) is 1.16. The first kappa shape index (κ1) is 26.2. The summed E-state index contributed by atoms with van der Waals surface area (Å²) in [5, 5.41) is 20.4. The van der Waals surface area contributed by atoms with E-state index in [-0.39, 0.29) is 17.4 Å². The van der Waals surface area contributed by atoms with E-state index >= 15 is 0 Å². The zero-order valence-electron chi connectivity index (χ0n) is 21.3. The molecule has 0 saturated carbocycles. The highest BCUT2D eigenvalue weighted by atomic mass is 16.6. The van der Waals surface area contributed by atoms with Crippen molar-refractivity contribution in [1.29, 1.82) is 0 Å². The highest BCUT2D eigenvalue weighted by molar-refractivity contribution is 5.97. The topological polar surface area (TPSA) is 102 Å². The minimum Gasteiger partial charge on any atom is -0.477 e. The molecule has 0 fully saturated rings. The molecule has 35 heavy (non-hydrogen) atoms. The summed E-state index contributed by atoms with van der Waals surface area (Å²) in [6.45, 7) is 10.9. The highest BCUT2D eigenvalue weighted by Crippen LogP contribution is 2.28. The Hall–Kier alpha value is -3.45. The Bertz CT molecular complexity index is 1210. The molecular formula is C28H34N2O5. The van der Waals surface area contributed by atoms with Crippen LogP contribution in [0.5, 0.6) is 0 Å². The maximum atomic E-state index is 12.7. The van der Waals surface area contributed by atoms with Crippen LogP contribution in [0.4, 0.5) is 0 Å². The molecule has 2 aromatic carbocycles. The molecule has 1 heterocycles. The number of aliphatic hydroxyl groups is 1. The molecule has 7 heteroatoms. The third-order valence-corrected chi connectivity index (χ3v) is 5.45. The van der Waals surface area contributed by atoms with Crippen molar-refractivity contribution in [3.63, 3.8) is 0 Å². The average molecular weight is 479 g/mol. The third kappa shape index (κ3) is 6.17. The van der Waals surface area contributed by atoms with Gasteiger partial charge in [0.25, 0.3) is 0 Å². The van der Waals surface area contributed by atoms with Crippen LogP contribution in [0, 0.1) is 0 Å². The maximum Gasteiger partial charge on any atom is 0.354 e. The number of imidazole rings is 1. The highest BCUT2D eigenvalue weighted by Gasteiger charge is 2.31. The molecule has 0 aliphatic carbocycles. The van der Waals surface area contributed by atoms with Crippen LogP contribution in [0.1, 0.15) is 85.9 Å². The van der Waals surface area contributed by atoms with Crippen LogP contribution in [0.15, 0.2) is 48.5 Å². The predicted molar refractivity (Wildman–Crippen MR) is 135 cm³/mol. The molecule has 186 valence electrons. The van der Waals surface area contributed by atoms with Crippen molar-refractivity contribution in [2.24, 2.45) is 0 Å². The first-order valence-electron chi connectivity index (χ1n) is 11.8. The number of hydrogen-bond donors (Lipinski definition) is 2. The largest absolute Gasteiger partial charge is 0.477 e. The molecule has 0 saturated heterocycles. The number of ether oxygens (including phenoxy) is 1. The van der Waals surface area contributed by atoms with Gasteiger partial charge in [-0.25, -0.2) is 14.6 Å². The van der Waals surface area contributed by atoms with Crippen LogP contribution in [0.3, 0.4) is 0 Å². The second-order valence-electron chi connectivity index (χ2n) is 10.2. The molecule has 0 spiro atoms. The van der Waals surface area contributed by atoms with E-state index in [0.717, 1.165) is 23.1 Å². The fraction of sp³-hybridized carbons (Fsp3) is 0.393. The van der Waals surface area contributed by atoms with Crippen LogP contribution in [-0.4, -0.2) is 37.3 Å². The number of benzene rings is 2. The van der Waals surface area contributed by atoms with E-state index in [1.807, 2.05) is 64.1 Å². The number of aromatic nitrogens is 2. The standard InChI is InChI=1S/C28H34N2O5/c1-7-10-22-29-24(28(5,6)34)23(25(31)32)30(22)17-18-13-15-19(16-14-18)20-11-8-9-12-21(20)26(33)35-27(2,3)4/h8-9,11-16,34H,7,10,17H2,1-6H3,(H,31,32). The molecule has 0 atom stereocenters. The average Bonchev–Trinajstić information content (AvgIpc) is 3.12. The molecular weight excluding hydrogens is 444 g/mol. The van der Waals surface area contributed by atoms with E-state index in [2.05, 4.69) is 4.98 Å². The number of nitrogens with zero attached hydrogens (tertiary/aromatic N) is 2. The van der Waals surface area contributed by atoms with Gasteiger partial charge < -0.3 is 19.5 Å². The number of aromatic carboxylic acids is 1. The Morgan fingerprint density at radius 3 is 2.17 bits per heavy atom. The van der Waals surface area contributed by atoms with Gasteiger partial charge in [-0.05, 0) is 63.8 Å². The van der Waals surface area contributed by atoms with E-state index in [9.17, 15) is 19.8 Å². The van der Waals surface area contributed by atoms with E-state index in [0.29, 0.717) is 24.4 Å². The van der Waals surface area contributed by atoms with Gasteiger partial charge in [0.05, 0.1) is 5.56 Å². The Labute approximate surface area is 206 Å². The van der Waals surface area contributed by atoms with Gasteiger partial charge in [-0.3, -0.25) is 0 Å². The molecule has 0 amide bonds. The summed E-state index contributed by atoms with van der Waals surface area (Å²) in [5.74, 6) is -0.883. The second-order valence-corrected chi connectivity index (χ2v) is 10.2. The fourth-order valence-corrected chi connectivity index (χ4v) is 3.95. The van der Waals surface area contributed by atoms with Crippen molar-refractivity contribution in [3.05, 3.63) is 76.9 Å². The minimum atomic E-state index is -1.38. The number of carboxylic acids is 1. The molecule has 0 bridgehead atoms. The van der Waals surface area contributed by atoms with Crippen LogP contribution in [0.25, 0.3) is 11.1 Å². The Morgan fingerprint density at radius 1 is 1.00 bits per heavy atom.